The van der Waals surface area contributed by atoms with Crippen molar-refractivity contribution in [3.8, 4) is 0 Å². The molecular weight excluding hydrogens is 344 g/mol. The molecule has 1 saturated heterocycles. The molecule has 0 amide bonds. The van der Waals surface area contributed by atoms with Gasteiger partial charge in [-0.3, -0.25) is 4.79 Å². The van der Waals surface area contributed by atoms with Crippen molar-refractivity contribution in [3.63, 3.8) is 0 Å². The fraction of sp³-hybridized carbons (Fsp3) is 0.500. The second-order valence-electron chi connectivity index (χ2n) is 7.54. The maximum atomic E-state index is 12.5. The number of anilines is 2. The summed E-state index contributed by atoms with van der Waals surface area (Å²) in [6, 6.07) is 3.91. The van der Waals surface area contributed by atoms with Crippen molar-refractivity contribution in [2.75, 3.05) is 29.9 Å². The number of hydrogen-bond donors (Lipinski definition) is 1. The molecule has 3 aromatic rings. The Bertz CT molecular complexity index is 1030. The summed E-state index contributed by atoms with van der Waals surface area (Å²) in [5, 5.41) is 15.9. The predicted octanol–water partition coefficient (Wildman–Crippen LogP) is 0.948. The molecule has 1 N–H and O–H groups in total. The first-order chi connectivity index (χ1) is 13.2. The van der Waals surface area contributed by atoms with Crippen molar-refractivity contribution in [1.29, 1.82) is 0 Å². The van der Waals surface area contributed by atoms with Crippen LogP contribution in [0.15, 0.2) is 29.3 Å². The van der Waals surface area contributed by atoms with Crippen LogP contribution in [-0.2, 0) is 6.54 Å². The highest BCUT2D eigenvalue weighted by Crippen LogP contribution is 2.30. The molecule has 0 radical (unpaired) electrons. The van der Waals surface area contributed by atoms with E-state index < -0.39 is 0 Å². The fourth-order valence-corrected chi connectivity index (χ4v) is 3.47. The number of aromatic nitrogens is 6. The van der Waals surface area contributed by atoms with Gasteiger partial charge in [-0.1, -0.05) is 0 Å². The lowest BCUT2D eigenvalue weighted by Crippen LogP contribution is -2.50. The van der Waals surface area contributed by atoms with Crippen LogP contribution in [-0.4, -0.2) is 49.0 Å². The van der Waals surface area contributed by atoms with Gasteiger partial charge >= 0.3 is 0 Å². The maximum absolute atomic E-state index is 12.5. The van der Waals surface area contributed by atoms with Crippen LogP contribution in [0.3, 0.4) is 0 Å². The number of nitrogens with zero attached hydrogens (tertiary/aromatic N) is 7. The van der Waals surface area contributed by atoms with Crippen LogP contribution in [0.5, 0.6) is 0 Å². The molecule has 3 aromatic heterocycles. The molecule has 1 saturated carbocycles. The summed E-state index contributed by atoms with van der Waals surface area (Å²) in [5.41, 5.74) is 0.739. The molecule has 4 heterocycles. The molecule has 2 fully saturated rings. The maximum Gasteiger partial charge on any atom is 0.293 e. The highest BCUT2D eigenvalue weighted by atomic mass is 16.1. The Morgan fingerprint density at radius 2 is 2.04 bits per heavy atom. The van der Waals surface area contributed by atoms with Gasteiger partial charge in [0.25, 0.3) is 5.56 Å². The molecule has 9 nitrogen and oxygen atoms in total. The van der Waals surface area contributed by atoms with E-state index in [9.17, 15) is 4.79 Å². The van der Waals surface area contributed by atoms with Crippen LogP contribution in [0.25, 0.3) is 5.65 Å². The number of aryl methyl sites for hydroxylation is 1. The molecule has 2 aliphatic rings. The van der Waals surface area contributed by atoms with E-state index in [1.54, 1.807) is 21.5 Å². The number of nitrogens with one attached hydrogen (secondary N) is 1. The third-order valence-electron chi connectivity index (χ3n) is 5.31. The highest BCUT2D eigenvalue weighted by molar-refractivity contribution is 5.47. The normalized spacial score (nSPS) is 17.3. The summed E-state index contributed by atoms with van der Waals surface area (Å²) in [6.07, 6.45) is 5.94. The van der Waals surface area contributed by atoms with E-state index >= 15 is 0 Å². The Balaban J connectivity index is 1.19. The SMILES string of the molecule is Cc1nnc2ccc(N3CC(CNc4nccn(CC5CC5)c4=O)C3)nn12. The largest absolute Gasteiger partial charge is 0.365 e. The standard InChI is InChI=1S/C18H22N8O/c1-12-21-22-15-4-5-16(23-26(12)15)25-10-14(11-25)8-20-17-18(27)24(7-6-19-17)9-13-2-3-13/h4-7,13-14H,2-3,8-11H2,1H3,(H,19,20). The molecular formula is C18H22N8O. The molecule has 0 unspecified atom stereocenters. The average Bonchev–Trinajstić information content (AvgIpc) is 3.38. The molecule has 0 spiro atoms. The molecule has 27 heavy (non-hydrogen) atoms. The van der Waals surface area contributed by atoms with Gasteiger partial charge in [0.05, 0.1) is 0 Å². The lowest BCUT2D eigenvalue weighted by atomic mass is 10.0. The highest BCUT2D eigenvalue weighted by Gasteiger charge is 2.28. The van der Waals surface area contributed by atoms with E-state index in [4.69, 9.17) is 0 Å². The molecule has 0 atom stereocenters. The minimum atomic E-state index is -0.0178. The minimum absolute atomic E-state index is 0.0178. The Kier molecular flexibility index (Phi) is 3.80. The van der Waals surface area contributed by atoms with Gasteiger partial charge in [0.1, 0.15) is 5.82 Å². The van der Waals surface area contributed by atoms with Gasteiger partial charge < -0.3 is 14.8 Å². The quantitative estimate of drug-likeness (QED) is 0.694. The average molecular weight is 366 g/mol. The van der Waals surface area contributed by atoms with Gasteiger partial charge in [-0.05, 0) is 37.8 Å². The van der Waals surface area contributed by atoms with Crippen LogP contribution >= 0.6 is 0 Å². The second-order valence-corrected chi connectivity index (χ2v) is 7.54. The van der Waals surface area contributed by atoms with Gasteiger partial charge in [0, 0.05) is 44.5 Å². The molecule has 140 valence electrons. The molecule has 9 heteroatoms. The van der Waals surface area contributed by atoms with E-state index in [1.165, 1.54) is 12.8 Å². The van der Waals surface area contributed by atoms with Crippen LogP contribution < -0.4 is 15.8 Å². The van der Waals surface area contributed by atoms with E-state index in [1.807, 2.05) is 19.1 Å². The lowest BCUT2D eigenvalue weighted by molar-refractivity contribution is 0.424. The third kappa shape index (κ3) is 3.13. The molecule has 1 aliphatic heterocycles. The Hall–Kier alpha value is -2.97. The summed E-state index contributed by atoms with van der Waals surface area (Å²) in [6.45, 7) is 5.23. The summed E-state index contributed by atoms with van der Waals surface area (Å²) >= 11 is 0. The van der Waals surface area contributed by atoms with E-state index in [0.717, 1.165) is 43.5 Å². The van der Waals surface area contributed by atoms with E-state index in [0.29, 0.717) is 17.7 Å². The summed E-state index contributed by atoms with van der Waals surface area (Å²) in [5.74, 6) is 3.28. The van der Waals surface area contributed by atoms with Crippen molar-refractivity contribution in [1.82, 2.24) is 29.4 Å². The summed E-state index contributed by atoms with van der Waals surface area (Å²) in [4.78, 5) is 18.9. The fourth-order valence-electron chi connectivity index (χ4n) is 3.47. The smallest absolute Gasteiger partial charge is 0.293 e. The summed E-state index contributed by atoms with van der Waals surface area (Å²) < 4.78 is 3.54. The lowest BCUT2D eigenvalue weighted by Gasteiger charge is -2.40. The van der Waals surface area contributed by atoms with E-state index in [2.05, 4.69) is 30.5 Å². The topological polar surface area (TPSA) is 93.2 Å². The van der Waals surface area contributed by atoms with Crippen molar-refractivity contribution in [3.05, 3.63) is 40.7 Å². The zero-order chi connectivity index (χ0) is 18.4. The number of hydrogen-bond acceptors (Lipinski definition) is 7. The zero-order valence-corrected chi connectivity index (χ0v) is 15.2. The van der Waals surface area contributed by atoms with Crippen LogP contribution in [0.1, 0.15) is 18.7 Å². The monoisotopic (exact) mass is 366 g/mol. The third-order valence-corrected chi connectivity index (χ3v) is 5.31. The van der Waals surface area contributed by atoms with Gasteiger partial charge in [-0.15, -0.1) is 15.3 Å². The molecule has 1 aliphatic carbocycles. The molecule has 0 aromatic carbocycles. The van der Waals surface area contributed by atoms with Crippen molar-refractivity contribution >= 4 is 17.3 Å². The minimum Gasteiger partial charge on any atom is -0.365 e. The van der Waals surface area contributed by atoms with Crippen LogP contribution in [0.2, 0.25) is 0 Å². The van der Waals surface area contributed by atoms with Crippen LogP contribution in [0.4, 0.5) is 11.6 Å². The van der Waals surface area contributed by atoms with Crippen molar-refractivity contribution < 1.29 is 0 Å². The summed E-state index contributed by atoms with van der Waals surface area (Å²) in [7, 11) is 0. The second kappa shape index (κ2) is 6.33. The predicted molar refractivity (Wildman–Crippen MR) is 101 cm³/mol. The number of fused-ring (bicyclic) bond motifs is 1. The van der Waals surface area contributed by atoms with Gasteiger partial charge in [-0.2, -0.15) is 4.52 Å². The number of rotatable bonds is 6. The van der Waals surface area contributed by atoms with Crippen LogP contribution in [0, 0.1) is 18.8 Å². The zero-order valence-electron chi connectivity index (χ0n) is 15.2. The molecule has 0 bridgehead atoms. The molecule has 5 rings (SSSR count). The van der Waals surface area contributed by atoms with Gasteiger partial charge in [0.15, 0.2) is 17.3 Å². The first-order valence-corrected chi connectivity index (χ1v) is 9.41. The van der Waals surface area contributed by atoms with Crippen molar-refractivity contribution in [2.45, 2.75) is 26.3 Å². The first kappa shape index (κ1) is 16.2. The van der Waals surface area contributed by atoms with Gasteiger partial charge in [0.2, 0.25) is 0 Å². The van der Waals surface area contributed by atoms with Gasteiger partial charge in [-0.25, -0.2) is 4.98 Å². The first-order valence-electron chi connectivity index (χ1n) is 9.41. The Labute approximate surface area is 156 Å². The van der Waals surface area contributed by atoms with E-state index in [-0.39, 0.29) is 5.56 Å². The van der Waals surface area contributed by atoms with Crippen molar-refractivity contribution in [2.24, 2.45) is 11.8 Å². The Morgan fingerprint density at radius 1 is 1.19 bits per heavy atom. The Morgan fingerprint density at radius 3 is 2.85 bits per heavy atom.